The number of phenols is 1. The number of hydrogen-bond acceptors (Lipinski definition) is 2. The summed E-state index contributed by atoms with van der Waals surface area (Å²) in [5.74, 6) is -1.22. The Bertz CT molecular complexity index is 337. The van der Waals surface area contributed by atoms with Gasteiger partial charge in [0.2, 0.25) is 0 Å². The SMILES string of the molecule is Cc1cc(C(C)O)c(F)c(O)c1Br. The number of halogens is 2. The molecule has 0 saturated heterocycles. The van der Waals surface area contributed by atoms with Gasteiger partial charge in [-0.3, -0.25) is 0 Å². The molecule has 0 amide bonds. The van der Waals surface area contributed by atoms with Crippen LogP contribution < -0.4 is 0 Å². The Labute approximate surface area is 84.1 Å². The maximum atomic E-state index is 13.3. The smallest absolute Gasteiger partial charge is 0.171 e. The van der Waals surface area contributed by atoms with Crippen LogP contribution in [0, 0.1) is 12.7 Å². The number of rotatable bonds is 1. The summed E-state index contributed by atoms with van der Waals surface area (Å²) in [6.45, 7) is 3.17. The van der Waals surface area contributed by atoms with Crippen LogP contribution in [0.3, 0.4) is 0 Å². The van der Waals surface area contributed by atoms with E-state index in [1.807, 2.05) is 0 Å². The first-order valence-electron chi connectivity index (χ1n) is 3.80. The Morgan fingerprint density at radius 3 is 2.54 bits per heavy atom. The summed E-state index contributed by atoms with van der Waals surface area (Å²) in [6.07, 6.45) is -0.919. The van der Waals surface area contributed by atoms with Crippen molar-refractivity contribution in [3.05, 3.63) is 27.5 Å². The Balaban J connectivity index is 3.41. The summed E-state index contributed by atoms with van der Waals surface area (Å²) >= 11 is 3.04. The van der Waals surface area contributed by atoms with Crippen LogP contribution in [-0.4, -0.2) is 10.2 Å². The number of phenolic OH excluding ortho intramolecular Hbond substituents is 1. The van der Waals surface area contributed by atoms with Crippen molar-refractivity contribution in [3.63, 3.8) is 0 Å². The van der Waals surface area contributed by atoms with Crippen LogP contribution in [0.15, 0.2) is 10.5 Å². The van der Waals surface area contributed by atoms with Crippen LogP contribution in [0.2, 0.25) is 0 Å². The van der Waals surface area contributed by atoms with Crippen LogP contribution in [0.5, 0.6) is 5.75 Å². The molecule has 0 aliphatic carbocycles. The van der Waals surface area contributed by atoms with Gasteiger partial charge < -0.3 is 10.2 Å². The lowest BCUT2D eigenvalue weighted by Gasteiger charge is -2.10. The lowest BCUT2D eigenvalue weighted by Crippen LogP contribution is -1.98. The fourth-order valence-corrected chi connectivity index (χ4v) is 1.37. The van der Waals surface area contributed by atoms with E-state index in [1.54, 1.807) is 6.92 Å². The maximum absolute atomic E-state index is 13.3. The monoisotopic (exact) mass is 248 g/mol. The molecule has 0 heterocycles. The molecule has 0 radical (unpaired) electrons. The van der Waals surface area contributed by atoms with Crippen molar-refractivity contribution in [1.29, 1.82) is 0 Å². The van der Waals surface area contributed by atoms with Crippen LogP contribution in [-0.2, 0) is 0 Å². The highest BCUT2D eigenvalue weighted by atomic mass is 79.9. The minimum Gasteiger partial charge on any atom is -0.504 e. The van der Waals surface area contributed by atoms with E-state index >= 15 is 0 Å². The van der Waals surface area contributed by atoms with Crippen molar-refractivity contribution in [2.24, 2.45) is 0 Å². The quantitative estimate of drug-likeness (QED) is 0.803. The molecular formula is C9H10BrFO2. The van der Waals surface area contributed by atoms with Gasteiger partial charge in [-0.2, -0.15) is 0 Å². The van der Waals surface area contributed by atoms with Crippen molar-refractivity contribution in [3.8, 4) is 5.75 Å². The summed E-state index contributed by atoms with van der Waals surface area (Å²) in [4.78, 5) is 0. The van der Waals surface area contributed by atoms with E-state index in [1.165, 1.54) is 13.0 Å². The molecule has 2 nitrogen and oxygen atoms in total. The van der Waals surface area contributed by atoms with Crippen molar-refractivity contribution < 1.29 is 14.6 Å². The van der Waals surface area contributed by atoms with Crippen molar-refractivity contribution in [1.82, 2.24) is 0 Å². The molecule has 1 aromatic carbocycles. The van der Waals surface area contributed by atoms with Gasteiger partial charge in [0.05, 0.1) is 10.6 Å². The van der Waals surface area contributed by atoms with Gasteiger partial charge in [0.15, 0.2) is 11.6 Å². The lowest BCUT2D eigenvalue weighted by molar-refractivity contribution is 0.192. The Hall–Kier alpha value is -0.610. The molecule has 0 aromatic heterocycles. The van der Waals surface area contributed by atoms with E-state index < -0.39 is 17.7 Å². The Kier molecular flexibility index (Phi) is 2.93. The number of aliphatic hydroxyl groups is 1. The molecule has 0 aliphatic rings. The minimum atomic E-state index is -0.919. The fraction of sp³-hybridized carbons (Fsp3) is 0.333. The first-order chi connectivity index (χ1) is 5.95. The summed E-state index contributed by atoms with van der Waals surface area (Å²) in [7, 11) is 0. The van der Waals surface area contributed by atoms with E-state index in [0.29, 0.717) is 10.0 Å². The fourth-order valence-electron chi connectivity index (χ4n) is 1.08. The average molecular weight is 249 g/mol. The number of benzene rings is 1. The zero-order valence-corrected chi connectivity index (χ0v) is 8.89. The summed E-state index contributed by atoms with van der Waals surface area (Å²) in [5, 5.41) is 18.5. The van der Waals surface area contributed by atoms with Crippen LogP contribution in [0.1, 0.15) is 24.2 Å². The summed E-state index contributed by atoms with van der Waals surface area (Å²) in [6, 6.07) is 1.50. The summed E-state index contributed by atoms with van der Waals surface area (Å²) < 4.78 is 13.6. The molecule has 2 N–H and O–H groups in total. The van der Waals surface area contributed by atoms with Gasteiger partial charge in [0.25, 0.3) is 0 Å². The third-order valence-electron chi connectivity index (χ3n) is 1.84. The van der Waals surface area contributed by atoms with E-state index in [0.717, 1.165) is 0 Å². The zero-order chi connectivity index (χ0) is 10.2. The molecule has 1 rings (SSSR count). The molecule has 4 heteroatoms. The van der Waals surface area contributed by atoms with Gasteiger partial charge in [-0.05, 0) is 41.4 Å². The van der Waals surface area contributed by atoms with Gasteiger partial charge in [0.1, 0.15) is 0 Å². The van der Waals surface area contributed by atoms with Crippen LogP contribution in [0.4, 0.5) is 4.39 Å². The second-order valence-electron chi connectivity index (χ2n) is 2.94. The second-order valence-corrected chi connectivity index (χ2v) is 3.73. The van der Waals surface area contributed by atoms with Crippen LogP contribution in [0.25, 0.3) is 0 Å². The van der Waals surface area contributed by atoms with Crippen molar-refractivity contribution in [2.75, 3.05) is 0 Å². The minimum absolute atomic E-state index is 0.109. The highest BCUT2D eigenvalue weighted by molar-refractivity contribution is 9.10. The zero-order valence-electron chi connectivity index (χ0n) is 7.31. The molecular weight excluding hydrogens is 239 g/mol. The number of hydrogen-bond donors (Lipinski definition) is 2. The first kappa shape index (κ1) is 10.5. The molecule has 0 saturated carbocycles. The van der Waals surface area contributed by atoms with E-state index in [-0.39, 0.29) is 5.56 Å². The molecule has 1 unspecified atom stereocenters. The highest BCUT2D eigenvalue weighted by Crippen LogP contribution is 2.34. The molecule has 0 spiro atoms. The van der Waals surface area contributed by atoms with Gasteiger partial charge in [-0.15, -0.1) is 0 Å². The average Bonchev–Trinajstić information content (AvgIpc) is 2.07. The molecule has 72 valence electrons. The van der Waals surface area contributed by atoms with Gasteiger partial charge >= 0.3 is 0 Å². The first-order valence-corrected chi connectivity index (χ1v) is 4.60. The largest absolute Gasteiger partial charge is 0.504 e. The predicted molar refractivity (Wildman–Crippen MR) is 51.1 cm³/mol. The van der Waals surface area contributed by atoms with E-state index in [9.17, 15) is 14.6 Å². The molecule has 1 atom stereocenters. The van der Waals surface area contributed by atoms with Gasteiger partial charge in [0, 0.05) is 5.56 Å². The summed E-state index contributed by atoms with van der Waals surface area (Å²) in [5.41, 5.74) is 0.799. The Morgan fingerprint density at radius 2 is 2.08 bits per heavy atom. The van der Waals surface area contributed by atoms with Crippen molar-refractivity contribution >= 4 is 15.9 Å². The normalized spacial score (nSPS) is 13.0. The van der Waals surface area contributed by atoms with E-state index in [2.05, 4.69) is 15.9 Å². The molecule has 0 aliphatic heterocycles. The number of aromatic hydroxyl groups is 1. The maximum Gasteiger partial charge on any atom is 0.171 e. The predicted octanol–water partition coefficient (Wildman–Crippen LogP) is 2.66. The molecule has 0 bridgehead atoms. The van der Waals surface area contributed by atoms with Crippen LogP contribution >= 0.6 is 15.9 Å². The van der Waals surface area contributed by atoms with Gasteiger partial charge in [-0.25, -0.2) is 4.39 Å². The van der Waals surface area contributed by atoms with E-state index in [4.69, 9.17) is 0 Å². The standard InChI is InChI=1S/C9H10BrFO2/c1-4-3-6(5(2)12)8(11)9(13)7(4)10/h3,5,12-13H,1-2H3. The third kappa shape index (κ3) is 1.84. The number of aryl methyl sites for hydroxylation is 1. The lowest BCUT2D eigenvalue weighted by atomic mass is 10.1. The highest BCUT2D eigenvalue weighted by Gasteiger charge is 2.16. The topological polar surface area (TPSA) is 40.5 Å². The third-order valence-corrected chi connectivity index (χ3v) is 2.84. The Morgan fingerprint density at radius 1 is 1.54 bits per heavy atom. The van der Waals surface area contributed by atoms with Gasteiger partial charge in [-0.1, -0.05) is 0 Å². The van der Waals surface area contributed by atoms with Crippen molar-refractivity contribution in [2.45, 2.75) is 20.0 Å². The molecule has 1 aromatic rings. The molecule has 0 fully saturated rings. The second kappa shape index (κ2) is 3.64. The molecule has 13 heavy (non-hydrogen) atoms. The number of aliphatic hydroxyl groups excluding tert-OH is 1.